The Labute approximate surface area is 156 Å². The summed E-state index contributed by atoms with van der Waals surface area (Å²) in [6.07, 6.45) is 0. The number of carboxylic acids is 1. The summed E-state index contributed by atoms with van der Waals surface area (Å²) in [7, 11) is 1.45. The van der Waals surface area contributed by atoms with Gasteiger partial charge in [-0.1, -0.05) is 25.4 Å². The highest BCUT2D eigenvalue weighted by Crippen LogP contribution is 2.41. The summed E-state index contributed by atoms with van der Waals surface area (Å²) in [5.41, 5.74) is 1.30. The number of nitrogens with zero attached hydrogens (tertiary/aromatic N) is 1. The van der Waals surface area contributed by atoms with Crippen LogP contribution in [0.4, 0.5) is 5.82 Å². The van der Waals surface area contributed by atoms with Crippen molar-refractivity contribution in [2.75, 3.05) is 19.0 Å². The summed E-state index contributed by atoms with van der Waals surface area (Å²) in [6.45, 7) is 5.30. The molecule has 2 rings (SSSR count). The van der Waals surface area contributed by atoms with Gasteiger partial charge in [-0.05, 0) is 31.0 Å². The van der Waals surface area contributed by atoms with Crippen LogP contribution in [-0.2, 0) is 4.79 Å². The van der Waals surface area contributed by atoms with Gasteiger partial charge in [0.2, 0.25) is 5.88 Å². The lowest BCUT2D eigenvalue weighted by molar-refractivity contribution is -0.134. The Morgan fingerprint density at radius 3 is 2.65 bits per heavy atom. The highest BCUT2D eigenvalue weighted by atomic mass is 35.5. The molecule has 1 aromatic carbocycles. The van der Waals surface area contributed by atoms with E-state index in [1.165, 1.54) is 7.11 Å². The zero-order valence-corrected chi connectivity index (χ0v) is 15.7. The maximum atomic E-state index is 10.8. The third-order valence-electron chi connectivity index (χ3n) is 3.72. The number of rotatable bonds is 7. The minimum atomic E-state index is -1.05. The summed E-state index contributed by atoms with van der Waals surface area (Å²) in [6, 6.07) is 4.90. The molecule has 0 bridgehead atoms. The lowest BCUT2D eigenvalue weighted by Gasteiger charge is -2.17. The summed E-state index contributed by atoms with van der Waals surface area (Å²) in [5.74, 6) is 0.432. The Morgan fingerprint density at radius 2 is 2.08 bits per heavy atom. The van der Waals surface area contributed by atoms with Crippen LogP contribution in [-0.4, -0.2) is 34.8 Å². The first kappa shape index (κ1) is 19.7. The van der Waals surface area contributed by atoms with Crippen molar-refractivity contribution in [1.29, 1.82) is 0 Å². The van der Waals surface area contributed by atoms with Gasteiger partial charge in [-0.3, -0.25) is 4.79 Å². The normalized spacial score (nSPS) is 10.7. The number of methoxy groups -OCH3 is 1. The molecule has 0 fully saturated rings. The van der Waals surface area contributed by atoms with Crippen LogP contribution in [0.5, 0.6) is 23.1 Å². The van der Waals surface area contributed by atoms with Gasteiger partial charge in [0.25, 0.3) is 0 Å². The smallest absolute Gasteiger partial charge is 0.322 e. The molecule has 7 nitrogen and oxygen atoms in total. The number of aromatic hydroxyl groups is 1. The number of benzene rings is 1. The fraction of sp³-hybridized carbons (Fsp3) is 0.333. The first-order chi connectivity index (χ1) is 12.2. The van der Waals surface area contributed by atoms with E-state index in [0.717, 1.165) is 5.56 Å². The van der Waals surface area contributed by atoms with Gasteiger partial charge in [0.05, 0.1) is 12.7 Å². The van der Waals surface area contributed by atoms with Crippen molar-refractivity contribution < 1.29 is 24.5 Å². The fourth-order valence-corrected chi connectivity index (χ4v) is 2.67. The fourth-order valence-electron chi connectivity index (χ4n) is 2.38. The number of hydrogen-bond acceptors (Lipinski definition) is 6. The molecule has 0 spiro atoms. The minimum Gasteiger partial charge on any atom is -0.508 e. The molecule has 0 aliphatic rings. The molecule has 1 heterocycles. The number of ether oxygens (including phenoxy) is 2. The average molecular weight is 381 g/mol. The zero-order valence-electron chi connectivity index (χ0n) is 15.0. The number of pyridine rings is 1. The standard InChI is InChI=1S/C18H21ClN2O5/c1-9(2)12-7-11(5-6-13(12)22)26-16-10(3)18(25-4)21-17(15(16)19)20-8-14(23)24/h5-7,9,22H,8H2,1-4H3,(H,20,21)(H,23,24). The summed E-state index contributed by atoms with van der Waals surface area (Å²) in [4.78, 5) is 15.0. The van der Waals surface area contributed by atoms with Crippen LogP contribution >= 0.6 is 11.6 Å². The molecule has 0 saturated carbocycles. The van der Waals surface area contributed by atoms with Gasteiger partial charge in [-0.15, -0.1) is 0 Å². The first-order valence-corrected chi connectivity index (χ1v) is 8.32. The molecule has 0 aliphatic heterocycles. The van der Waals surface area contributed by atoms with Crippen molar-refractivity contribution in [1.82, 2.24) is 4.98 Å². The molecule has 3 N–H and O–H groups in total. The Hall–Kier alpha value is -2.67. The highest BCUT2D eigenvalue weighted by Gasteiger charge is 2.20. The van der Waals surface area contributed by atoms with Crippen molar-refractivity contribution in [3.63, 3.8) is 0 Å². The van der Waals surface area contributed by atoms with Crippen LogP contribution in [0.3, 0.4) is 0 Å². The average Bonchev–Trinajstić information content (AvgIpc) is 2.59. The number of nitrogens with one attached hydrogen (secondary N) is 1. The van der Waals surface area contributed by atoms with E-state index >= 15 is 0 Å². The maximum absolute atomic E-state index is 10.8. The molecule has 0 radical (unpaired) electrons. The van der Waals surface area contributed by atoms with E-state index in [-0.39, 0.29) is 34.9 Å². The number of aromatic nitrogens is 1. The van der Waals surface area contributed by atoms with Crippen LogP contribution in [0.15, 0.2) is 18.2 Å². The lowest BCUT2D eigenvalue weighted by atomic mass is 10.0. The largest absolute Gasteiger partial charge is 0.508 e. The third-order valence-corrected chi connectivity index (χ3v) is 4.07. The first-order valence-electron chi connectivity index (χ1n) is 7.95. The molecule has 2 aromatic rings. The van der Waals surface area contributed by atoms with Crippen molar-refractivity contribution in [2.24, 2.45) is 0 Å². The molecule has 8 heteroatoms. The SMILES string of the molecule is COc1nc(NCC(=O)O)c(Cl)c(Oc2ccc(O)c(C(C)C)c2)c1C. The maximum Gasteiger partial charge on any atom is 0.322 e. The van der Waals surface area contributed by atoms with Crippen LogP contribution < -0.4 is 14.8 Å². The van der Waals surface area contributed by atoms with Crippen LogP contribution in [0.1, 0.15) is 30.9 Å². The number of anilines is 1. The van der Waals surface area contributed by atoms with Crippen LogP contribution in [0.2, 0.25) is 5.02 Å². The molecule has 0 unspecified atom stereocenters. The highest BCUT2D eigenvalue weighted by molar-refractivity contribution is 6.34. The molecule has 0 atom stereocenters. The topological polar surface area (TPSA) is 101 Å². The molecule has 26 heavy (non-hydrogen) atoms. The van der Waals surface area contributed by atoms with Gasteiger partial charge in [0, 0.05) is 5.56 Å². The lowest BCUT2D eigenvalue weighted by Crippen LogP contribution is -2.14. The molecule has 0 saturated heterocycles. The van der Waals surface area contributed by atoms with E-state index in [0.29, 0.717) is 17.1 Å². The van der Waals surface area contributed by atoms with Gasteiger partial charge in [-0.2, -0.15) is 4.98 Å². The van der Waals surface area contributed by atoms with Gasteiger partial charge in [0.1, 0.15) is 23.1 Å². The van der Waals surface area contributed by atoms with E-state index in [2.05, 4.69) is 10.3 Å². The monoisotopic (exact) mass is 380 g/mol. The van der Waals surface area contributed by atoms with E-state index in [1.54, 1.807) is 25.1 Å². The number of phenols is 1. The number of phenolic OH excluding ortho intramolecular Hbond substituents is 1. The van der Waals surface area contributed by atoms with Crippen molar-refractivity contribution >= 4 is 23.4 Å². The van der Waals surface area contributed by atoms with Gasteiger partial charge >= 0.3 is 5.97 Å². The summed E-state index contributed by atoms with van der Waals surface area (Å²) in [5, 5.41) is 21.6. The predicted molar refractivity (Wildman–Crippen MR) is 98.9 cm³/mol. The molecular formula is C18H21ClN2O5. The predicted octanol–water partition coefficient (Wildman–Crippen LogP) is 4.17. The molecular weight excluding hydrogens is 360 g/mol. The van der Waals surface area contributed by atoms with Crippen molar-refractivity contribution in [3.05, 3.63) is 34.3 Å². The van der Waals surface area contributed by atoms with E-state index in [4.69, 9.17) is 26.2 Å². The van der Waals surface area contributed by atoms with Gasteiger partial charge in [0.15, 0.2) is 11.6 Å². The Kier molecular flexibility index (Phi) is 6.15. The van der Waals surface area contributed by atoms with Crippen molar-refractivity contribution in [2.45, 2.75) is 26.7 Å². The number of hydrogen-bond donors (Lipinski definition) is 3. The Bertz CT molecular complexity index is 824. The van der Waals surface area contributed by atoms with E-state index in [9.17, 15) is 9.90 Å². The molecule has 0 amide bonds. The quantitative estimate of drug-likeness (QED) is 0.662. The van der Waals surface area contributed by atoms with Crippen LogP contribution in [0.25, 0.3) is 0 Å². The van der Waals surface area contributed by atoms with Gasteiger partial charge < -0.3 is 25.0 Å². The minimum absolute atomic E-state index is 0.106. The molecule has 1 aromatic heterocycles. The Balaban J connectivity index is 2.46. The molecule has 140 valence electrons. The number of halogens is 1. The third kappa shape index (κ3) is 4.29. The summed E-state index contributed by atoms with van der Waals surface area (Å²) < 4.78 is 11.2. The van der Waals surface area contributed by atoms with E-state index in [1.807, 2.05) is 13.8 Å². The second-order valence-electron chi connectivity index (χ2n) is 5.96. The zero-order chi connectivity index (χ0) is 19.4. The summed E-state index contributed by atoms with van der Waals surface area (Å²) >= 11 is 6.36. The molecule has 0 aliphatic carbocycles. The number of carbonyl (C=O) groups is 1. The number of carboxylic acid groups (broad SMARTS) is 1. The van der Waals surface area contributed by atoms with Crippen molar-refractivity contribution in [3.8, 4) is 23.1 Å². The Morgan fingerprint density at radius 1 is 1.38 bits per heavy atom. The van der Waals surface area contributed by atoms with E-state index < -0.39 is 5.97 Å². The van der Waals surface area contributed by atoms with Crippen LogP contribution in [0, 0.1) is 6.92 Å². The second-order valence-corrected chi connectivity index (χ2v) is 6.34. The van der Waals surface area contributed by atoms with Gasteiger partial charge in [-0.25, -0.2) is 0 Å². The number of aliphatic carboxylic acids is 1. The second kappa shape index (κ2) is 8.14.